The molecule has 3 saturated carbocycles. The molecule has 0 aliphatic heterocycles. The molecule has 0 radical (unpaired) electrons. The van der Waals surface area contributed by atoms with Gasteiger partial charge in [0.1, 0.15) is 6.10 Å². The summed E-state index contributed by atoms with van der Waals surface area (Å²) in [6.45, 7) is 21.1. The second-order valence-corrected chi connectivity index (χ2v) is 19.9. The van der Waals surface area contributed by atoms with Gasteiger partial charge in [-0.2, -0.15) is 8.42 Å². The minimum atomic E-state index is -3.59. The highest BCUT2D eigenvalue weighted by Crippen LogP contribution is 2.68. The zero-order valence-electron chi connectivity index (χ0n) is 30.7. The molecule has 0 heterocycles. The summed E-state index contributed by atoms with van der Waals surface area (Å²) in [7, 11) is -3.59. The first-order chi connectivity index (χ1) is 21.1. The molecule has 0 saturated heterocycles. The van der Waals surface area contributed by atoms with Gasteiger partial charge in [0.25, 0.3) is 10.1 Å². The zero-order valence-corrected chi connectivity index (χ0v) is 31.6. The fourth-order valence-corrected chi connectivity index (χ4v) is 10.6. The summed E-state index contributed by atoms with van der Waals surface area (Å²) in [6, 6.07) is 0. The summed E-state index contributed by atoms with van der Waals surface area (Å²) in [6.07, 6.45) is 13.1. The van der Waals surface area contributed by atoms with Crippen LogP contribution in [0.25, 0.3) is 0 Å². The average molecular weight is 665 g/mol. The molecule has 264 valence electrons. The number of carbonyl (C=O) groups is 2. The lowest BCUT2D eigenvalue weighted by Crippen LogP contribution is -2.51. The van der Waals surface area contributed by atoms with Crippen LogP contribution in [0.1, 0.15) is 133 Å². The molecule has 0 aromatic heterocycles. The van der Waals surface area contributed by atoms with Gasteiger partial charge < -0.3 is 9.47 Å². The molecule has 8 heteroatoms. The molecule has 0 aromatic carbocycles. The molecule has 4 rings (SSSR count). The summed E-state index contributed by atoms with van der Waals surface area (Å²) in [5.41, 5.74) is 0.581. The van der Waals surface area contributed by atoms with Crippen LogP contribution in [0.2, 0.25) is 0 Å². The van der Waals surface area contributed by atoms with Gasteiger partial charge in [-0.3, -0.25) is 13.8 Å². The van der Waals surface area contributed by atoms with Gasteiger partial charge in [0.05, 0.1) is 29.8 Å². The molecular formula is C38H64O7S. The van der Waals surface area contributed by atoms with Gasteiger partial charge in [-0.25, -0.2) is 0 Å². The van der Waals surface area contributed by atoms with E-state index in [-0.39, 0.29) is 46.8 Å². The largest absolute Gasteiger partial charge is 0.465 e. The van der Waals surface area contributed by atoms with Crippen LogP contribution in [0.4, 0.5) is 0 Å². The first-order valence-electron chi connectivity index (χ1n) is 18.0. The Hall–Kier alpha value is -1.41. The monoisotopic (exact) mass is 664 g/mol. The van der Waals surface area contributed by atoms with Crippen molar-refractivity contribution >= 4 is 22.1 Å². The average Bonchev–Trinajstić information content (AvgIpc) is 3.20. The minimum absolute atomic E-state index is 0.0188. The van der Waals surface area contributed by atoms with Crippen LogP contribution in [0.5, 0.6) is 0 Å². The Bertz CT molecular complexity index is 1260. The van der Waals surface area contributed by atoms with E-state index < -0.39 is 20.9 Å². The predicted octanol–water partition coefficient (Wildman–Crippen LogP) is 8.51. The standard InChI is InChI=1S/C38H64O7S/c1-24(23-43-33(39)35(3,4)5)13-12-14-25(2)32-31(45-46(11,41)42)22-30-28-16-15-26-21-27(44-34(40)36(6,7)8)17-19-37(26,9)29(28)18-20-38(30,32)10/h15,24-25,27-32H,12-14,16-23H2,1-11H3/t24-,25+,27+,28-,29+,30+,31+,32+,37+,38+/m1/s1. The fraction of sp³-hybridized carbons (Fsp3) is 0.895. The van der Waals surface area contributed by atoms with Crippen molar-refractivity contribution in [2.45, 2.75) is 146 Å². The highest BCUT2D eigenvalue weighted by Gasteiger charge is 2.62. The Kier molecular flexibility index (Phi) is 11.0. The molecule has 0 unspecified atom stereocenters. The van der Waals surface area contributed by atoms with Crippen molar-refractivity contribution in [1.82, 2.24) is 0 Å². The maximum atomic E-state index is 12.6. The Balaban J connectivity index is 1.46. The number of hydrogen-bond acceptors (Lipinski definition) is 7. The van der Waals surface area contributed by atoms with E-state index in [1.54, 1.807) is 0 Å². The third-order valence-electron chi connectivity index (χ3n) is 12.4. The van der Waals surface area contributed by atoms with Gasteiger partial charge in [-0.15, -0.1) is 0 Å². The summed E-state index contributed by atoms with van der Waals surface area (Å²) >= 11 is 0. The molecular weight excluding hydrogens is 600 g/mol. The number of fused-ring (bicyclic) bond motifs is 5. The van der Waals surface area contributed by atoms with Gasteiger partial charge in [-0.1, -0.05) is 52.2 Å². The van der Waals surface area contributed by atoms with E-state index in [1.165, 1.54) is 11.8 Å². The van der Waals surface area contributed by atoms with Gasteiger partial charge in [0.15, 0.2) is 0 Å². The Labute approximate surface area is 280 Å². The van der Waals surface area contributed by atoms with Crippen LogP contribution >= 0.6 is 0 Å². The normalized spacial score (nSPS) is 36.0. The minimum Gasteiger partial charge on any atom is -0.465 e. The summed E-state index contributed by atoms with van der Waals surface area (Å²) < 4.78 is 42.6. The quantitative estimate of drug-likeness (QED) is 0.131. The Morgan fingerprint density at radius 2 is 1.61 bits per heavy atom. The van der Waals surface area contributed by atoms with Crippen molar-refractivity contribution < 1.29 is 31.7 Å². The molecule has 4 aliphatic carbocycles. The van der Waals surface area contributed by atoms with E-state index >= 15 is 0 Å². The first-order valence-corrected chi connectivity index (χ1v) is 19.8. The maximum absolute atomic E-state index is 12.6. The number of hydrogen-bond donors (Lipinski definition) is 0. The summed E-state index contributed by atoms with van der Waals surface area (Å²) in [5.74, 6) is 1.95. The van der Waals surface area contributed by atoms with Gasteiger partial charge in [0.2, 0.25) is 0 Å². The van der Waals surface area contributed by atoms with Crippen molar-refractivity contribution in [1.29, 1.82) is 0 Å². The van der Waals surface area contributed by atoms with E-state index in [2.05, 4.69) is 33.8 Å². The van der Waals surface area contributed by atoms with E-state index in [9.17, 15) is 18.0 Å². The van der Waals surface area contributed by atoms with Gasteiger partial charge >= 0.3 is 11.9 Å². The van der Waals surface area contributed by atoms with E-state index in [0.29, 0.717) is 30.3 Å². The third-order valence-corrected chi connectivity index (χ3v) is 13.0. The fourth-order valence-electron chi connectivity index (χ4n) is 9.91. The topological polar surface area (TPSA) is 96.0 Å². The van der Waals surface area contributed by atoms with Crippen molar-refractivity contribution in [3.05, 3.63) is 11.6 Å². The SMILES string of the molecule is C[C@H](CCC[C@H](C)[C@H]1[C@@H](OS(C)(=O)=O)C[C@H]2[C@@H]3CC=C4C[C@@H](OC(=O)C(C)(C)C)CC[C@]4(C)[C@H]3CC[C@]12C)COC(=O)C(C)(C)C. The third kappa shape index (κ3) is 8.06. The zero-order chi connectivity index (χ0) is 34.5. The van der Waals surface area contributed by atoms with Gasteiger partial charge in [-0.05, 0) is 133 Å². The molecule has 7 nitrogen and oxygen atoms in total. The Morgan fingerprint density at radius 3 is 2.22 bits per heavy atom. The van der Waals surface area contributed by atoms with E-state index in [1.807, 2.05) is 41.5 Å². The van der Waals surface area contributed by atoms with Crippen molar-refractivity contribution in [2.75, 3.05) is 12.9 Å². The number of rotatable bonds is 10. The molecule has 46 heavy (non-hydrogen) atoms. The van der Waals surface area contributed by atoms with Crippen LogP contribution < -0.4 is 0 Å². The van der Waals surface area contributed by atoms with Crippen LogP contribution in [0.15, 0.2) is 11.6 Å². The second-order valence-electron chi connectivity index (χ2n) is 18.3. The van der Waals surface area contributed by atoms with Gasteiger partial charge in [0, 0.05) is 6.42 Å². The van der Waals surface area contributed by atoms with Crippen molar-refractivity contribution in [2.24, 2.45) is 57.2 Å². The second kappa shape index (κ2) is 13.5. The first kappa shape index (κ1) is 37.4. The molecule has 0 N–H and O–H groups in total. The summed E-state index contributed by atoms with van der Waals surface area (Å²) in [5, 5.41) is 0. The van der Waals surface area contributed by atoms with Crippen LogP contribution in [0, 0.1) is 57.2 Å². The molecule has 3 fully saturated rings. The smallest absolute Gasteiger partial charge is 0.311 e. The van der Waals surface area contributed by atoms with E-state index in [4.69, 9.17) is 13.7 Å². The van der Waals surface area contributed by atoms with Crippen molar-refractivity contribution in [3.63, 3.8) is 0 Å². The lowest BCUT2D eigenvalue weighted by Gasteiger charge is -2.58. The lowest BCUT2D eigenvalue weighted by atomic mass is 9.47. The highest BCUT2D eigenvalue weighted by molar-refractivity contribution is 7.86. The summed E-state index contributed by atoms with van der Waals surface area (Å²) in [4.78, 5) is 24.9. The van der Waals surface area contributed by atoms with Crippen LogP contribution in [-0.2, 0) is 33.4 Å². The molecule has 4 aliphatic rings. The number of ether oxygens (including phenoxy) is 2. The highest BCUT2D eigenvalue weighted by atomic mass is 32.2. The number of carbonyl (C=O) groups excluding carboxylic acids is 2. The predicted molar refractivity (Wildman–Crippen MR) is 182 cm³/mol. The molecule has 0 spiro atoms. The van der Waals surface area contributed by atoms with Crippen LogP contribution in [0.3, 0.4) is 0 Å². The number of esters is 2. The number of allylic oxidation sites excluding steroid dienone is 1. The Morgan fingerprint density at radius 1 is 0.957 bits per heavy atom. The lowest BCUT2D eigenvalue weighted by molar-refractivity contribution is -0.161. The van der Waals surface area contributed by atoms with Crippen LogP contribution in [-0.4, -0.2) is 45.4 Å². The molecule has 0 bridgehead atoms. The molecule has 10 atom stereocenters. The van der Waals surface area contributed by atoms with E-state index in [0.717, 1.165) is 64.2 Å². The van der Waals surface area contributed by atoms with Crippen molar-refractivity contribution in [3.8, 4) is 0 Å². The maximum Gasteiger partial charge on any atom is 0.311 e. The molecule has 0 amide bonds. The molecule has 0 aromatic rings.